The molecule has 0 saturated carbocycles. The summed E-state index contributed by atoms with van der Waals surface area (Å²) in [6.45, 7) is 15.2. The van der Waals surface area contributed by atoms with E-state index < -0.39 is 0 Å². The predicted molar refractivity (Wildman–Crippen MR) is 110 cm³/mol. The first-order valence-electron chi connectivity index (χ1n) is 9.46. The lowest BCUT2D eigenvalue weighted by Crippen LogP contribution is -2.33. The lowest BCUT2D eigenvalue weighted by Gasteiger charge is -2.33. The number of likely N-dealkylation sites (tertiary alicyclic amines) is 1. The minimum atomic E-state index is 0.352. The van der Waals surface area contributed by atoms with E-state index in [9.17, 15) is 0 Å². The topological polar surface area (TPSA) is 21.7 Å². The number of piperidine rings is 1. The van der Waals surface area contributed by atoms with E-state index in [0.29, 0.717) is 11.8 Å². The van der Waals surface area contributed by atoms with Crippen molar-refractivity contribution in [1.82, 2.24) is 4.90 Å². The van der Waals surface area contributed by atoms with Crippen LogP contribution in [0.2, 0.25) is 0 Å². The molecule has 1 aromatic rings. The highest BCUT2D eigenvalue weighted by Crippen LogP contribution is 2.38. The van der Waals surface area contributed by atoms with Crippen LogP contribution in [0.25, 0.3) is 0 Å². The van der Waals surface area contributed by atoms with Gasteiger partial charge in [0, 0.05) is 17.7 Å². The van der Waals surface area contributed by atoms with Crippen molar-refractivity contribution < 1.29 is 9.47 Å². The van der Waals surface area contributed by atoms with Crippen LogP contribution in [0.15, 0.2) is 49.1 Å². The summed E-state index contributed by atoms with van der Waals surface area (Å²) in [5.74, 6) is 2.82. The number of rotatable bonds is 8. The zero-order chi connectivity index (χ0) is 19.1. The second-order valence-corrected chi connectivity index (χ2v) is 7.19. The van der Waals surface area contributed by atoms with Crippen LogP contribution in [0.4, 0.5) is 0 Å². The van der Waals surface area contributed by atoms with Crippen molar-refractivity contribution in [1.29, 1.82) is 0 Å². The fourth-order valence-corrected chi connectivity index (χ4v) is 3.89. The Morgan fingerprint density at radius 3 is 2.38 bits per heavy atom. The molecule has 1 fully saturated rings. The molecule has 0 bridgehead atoms. The Bertz CT molecular complexity index is 652. The van der Waals surface area contributed by atoms with E-state index in [1.54, 1.807) is 14.2 Å². The SMILES string of the molecule is C=C/C=C(\C=C)C1CCN(Cc2ccc(OC)c(C(C)C)c2OC)CC1. The maximum atomic E-state index is 5.79. The van der Waals surface area contributed by atoms with E-state index in [2.05, 4.69) is 50.1 Å². The third kappa shape index (κ3) is 4.59. The number of methoxy groups -OCH3 is 2. The van der Waals surface area contributed by atoms with Crippen molar-refractivity contribution in [2.75, 3.05) is 27.3 Å². The minimum absolute atomic E-state index is 0.352. The second-order valence-electron chi connectivity index (χ2n) is 7.19. The Labute approximate surface area is 159 Å². The van der Waals surface area contributed by atoms with Crippen molar-refractivity contribution in [3.05, 3.63) is 60.2 Å². The Balaban J connectivity index is 2.13. The van der Waals surface area contributed by atoms with E-state index in [1.807, 2.05) is 12.2 Å². The fraction of sp³-hybridized carbons (Fsp3) is 0.478. The van der Waals surface area contributed by atoms with E-state index in [-0.39, 0.29) is 0 Å². The molecule has 0 aromatic heterocycles. The van der Waals surface area contributed by atoms with Gasteiger partial charge in [-0.15, -0.1) is 0 Å². The molecule has 0 unspecified atom stereocenters. The van der Waals surface area contributed by atoms with Crippen LogP contribution < -0.4 is 9.47 Å². The van der Waals surface area contributed by atoms with E-state index in [1.165, 1.54) is 11.1 Å². The number of hydrogen-bond acceptors (Lipinski definition) is 3. The average Bonchev–Trinajstić information content (AvgIpc) is 2.66. The molecule has 1 aliphatic heterocycles. The summed E-state index contributed by atoms with van der Waals surface area (Å²) in [7, 11) is 3.48. The van der Waals surface area contributed by atoms with Crippen LogP contribution in [0.3, 0.4) is 0 Å². The molecular weight excluding hydrogens is 322 g/mol. The zero-order valence-electron chi connectivity index (χ0n) is 16.8. The molecule has 0 N–H and O–H groups in total. The highest BCUT2D eigenvalue weighted by molar-refractivity contribution is 5.51. The third-order valence-electron chi connectivity index (χ3n) is 5.24. The highest BCUT2D eigenvalue weighted by Gasteiger charge is 2.23. The average molecular weight is 356 g/mol. The van der Waals surface area contributed by atoms with Gasteiger partial charge in [0.2, 0.25) is 0 Å². The lowest BCUT2D eigenvalue weighted by molar-refractivity contribution is 0.190. The summed E-state index contributed by atoms with van der Waals surface area (Å²) in [6, 6.07) is 4.21. The monoisotopic (exact) mass is 355 g/mol. The quantitative estimate of drug-likeness (QED) is 0.588. The van der Waals surface area contributed by atoms with Gasteiger partial charge in [0.15, 0.2) is 0 Å². The molecule has 0 radical (unpaired) electrons. The number of benzene rings is 1. The van der Waals surface area contributed by atoms with Crippen LogP contribution in [-0.2, 0) is 6.54 Å². The minimum Gasteiger partial charge on any atom is -0.496 e. The third-order valence-corrected chi connectivity index (χ3v) is 5.24. The molecule has 3 nitrogen and oxygen atoms in total. The summed E-state index contributed by atoms with van der Waals surface area (Å²) in [6.07, 6.45) is 8.24. The Kier molecular flexibility index (Phi) is 7.52. The smallest absolute Gasteiger partial charge is 0.130 e. The second kappa shape index (κ2) is 9.63. The Hall–Kier alpha value is -2.00. The van der Waals surface area contributed by atoms with Crippen LogP contribution in [0.5, 0.6) is 11.5 Å². The van der Waals surface area contributed by atoms with Gasteiger partial charge in [-0.25, -0.2) is 0 Å². The van der Waals surface area contributed by atoms with Gasteiger partial charge in [0.25, 0.3) is 0 Å². The molecule has 0 amide bonds. The van der Waals surface area contributed by atoms with E-state index >= 15 is 0 Å². The molecule has 3 heteroatoms. The first kappa shape index (κ1) is 20.3. The largest absolute Gasteiger partial charge is 0.496 e. The van der Waals surface area contributed by atoms with Gasteiger partial charge in [-0.05, 0) is 49.4 Å². The molecule has 1 aliphatic rings. The first-order chi connectivity index (χ1) is 12.5. The summed E-state index contributed by atoms with van der Waals surface area (Å²) in [5.41, 5.74) is 3.70. The van der Waals surface area contributed by atoms with Crippen LogP contribution in [0, 0.1) is 5.92 Å². The molecule has 2 rings (SSSR count). The standard InChI is InChI=1S/C23H33NO2/c1-7-9-18(8-2)19-12-14-24(15-13-19)16-20-10-11-21(25-5)22(17(3)4)23(20)26-6/h7-11,17,19H,1-2,12-16H2,3-6H3/b18-9+. The van der Waals surface area contributed by atoms with Crippen LogP contribution >= 0.6 is 0 Å². The van der Waals surface area contributed by atoms with Gasteiger partial charge in [-0.2, -0.15) is 0 Å². The van der Waals surface area contributed by atoms with Gasteiger partial charge in [0.05, 0.1) is 14.2 Å². The van der Waals surface area contributed by atoms with Crippen LogP contribution in [-0.4, -0.2) is 32.2 Å². The van der Waals surface area contributed by atoms with E-state index in [0.717, 1.165) is 49.5 Å². The predicted octanol–water partition coefficient (Wildman–Crippen LogP) is 5.34. The maximum Gasteiger partial charge on any atom is 0.130 e. The molecule has 26 heavy (non-hydrogen) atoms. The molecule has 0 atom stereocenters. The first-order valence-corrected chi connectivity index (χ1v) is 9.46. The van der Waals surface area contributed by atoms with Gasteiger partial charge < -0.3 is 9.47 Å². The molecule has 0 spiro atoms. The van der Waals surface area contributed by atoms with Gasteiger partial charge in [-0.1, -0.05) is 51.3 Å². The van der Waals surface area contributed by atoms with Crippen molar-refractivity contribution >= 4 is 0 Å². The fourth-order valence-electron chi connectivity index (χ4n) is 3.89. The lowest BCUT2D eigenvalue weighted by atomic mass is 9.88. The van der Waals surface area contributed by atoms with Crippen molar-refractivity contribution in [3.63, 3.8) is 0 Å². The van der Waals surface area contributed by atoms with Crippen molar-refractivity contribution in [3.8, 4) is 11.5 Å². The molecule has 142 valence electrons. The van der Waals surface area contributed by atoms with Crippen molar-refractivity contribution in [2.24, 2.45) is 5.92 Å². The van der Waals surface area contributed by atoms with Gasteiger partial charge in [-0.3, -0.25) is 4.90 Å². The van der Waals surface area contributed by atoms with E-state index in [4.69, 9.17) is 9.47 Å². The Morgan fingerprint density at radius 1 is 1.19 bits per heavy atom. The molecule has 1 heterocycles. The van der Waals surface area contributed by atoms with Crippen molar-refractivity contribution in [2.45, 2.75) is 39.2 Å². The Morgan fingerprint density at radius 2 is 1.88 bits per heavy atom. The molecule has 1 aromatic carbocycles. The number of allylic oxidation sites excluding steroid dienone is 4. The summed E-state index contributed by atoms with van der Waals surface area (Å²) >= 11 is 0. The summed E-state index contributed by atoms with van der Waals surface area (Å²) in [5, 5.41) is 0. The maximum absolute atomic E-state index is 5.79. The number of hydrogen-bond donors (Lipinski definition) is 0. The number of ether oxygens (including phenoxy) is 2. The van der Waals surface area contributed by atoms with Crippen LogP contribution in [0.1, 0.15) is 43.7 Å². The molecule has 0 aliphatic carbocycles. The van der Waals surface area contributed by atoms with Gasteiger partial charge >= 0.3 is 0 Å². The highest BCUT2D eigenvalue weighted by atomic mass is 16.5. The summed E-state index contributed by atoms with van der Waals surface area (Å²) < 4.78 is 11.3. The molecule has 1 saturated heterocycles. The number of nitrogens with zero attached hydrogens (tertiary/aromatic N) is 1. The normalized spacial score (nSPS) is 16.6. The molecular formula is C23H33NO2. The van der Waals surface area contributed by atoms with Gasteiger partial charge in [0.1, 0.15) is 11.5 Å². The summed E-state index contributed by atoms with van der Waals surface area (Å²) in [4.78, 5) is 2.51. The zero-order valence-corrected chi connectivity index (χ0v) is 16.8.